The molecule has 3 aromatic rings. The molecular formula is C24H22FN3O4. The second-order valence-corrected chi connectivity index (χ2v) is 7.54. The van der Waals surface area contributed by atoms with Gasteiger partial charge in [-0.15, -0.1) is 0 Å². The highest BCUT2D eigenvalue weighted by Gasteiger charge is 2.48. The summed E-state index contributed by atoms with van der Waals surface area (Å²) in [4.78, 5) is 24.7. The van der Waals surface area contributed by atoms with Crippen molar-refractivity contribution in [1.29, 1.82) is 0 Å². The molecule has 32 heavy (non-hydrogen) atoms. The quantitative estimate of drug-likeness (QED) is 0.409. The average Bonchev–Trinajstić information content (AvgIpc) is 3.24. The Hall–Kier alpha value is -3.99. The number of aromatic hydroxyl groups is 1. The molecule has 1 atom stereocenters. The molecule has 1 fully saturated rings. The van der Waals surface area contributed by atoms with Crippen LogP contribution in [-0.4, -0.2) is 28.2 Å². The summed E-state index contributed by atoms with van der Waals surface area (Å²) in [5.41, 5.74) is -1.10. The summed E-state index contributed by atoms with van der Waals surface area (Å²) in [5.74, 6) is 5.36. The maximum atomic E-state index is 13.4. The van der Waals surface area contributed by atoms with Crippen molar-refractivity contribution in [2.45, 2.75) is 31.8 Å². The maximum Gasteiger partial charge on any atom is 0.322 e. The van der Waals surface area contributed by atoms with Crippen molar-refractivity contribution in [3.63, 3.8) is 0 Å². The van der Waals surface area contributed by atoms with Gasteiger partial charge in [0, 0.05) is 23.4 Å². The number of rotatable bonds is 6. The third-order valence-corrected chi connectivity index (χ3v) is 5.33. The monoisotopic (exact) mass is 435 g/mol. The minimum Gasteiger partial charge on any atom is -0.494 e. The summed E-state index contributed by atoms with van der Waals surface area (Å²) in [7, 11) is 0. The van der Waals surface area contributed by atoms with Crippen molar-refractivity contribution in [2.24, 2.45) is 0 Å². The van der Waals surface area contributed by atoms with Crippen LogP contribution in [0.1, 0.15) is 25.3 Å². The fraction of sp³-hybridized carbons (Fsp3) is 0.250. The van der Waals surface area contributed by atoms with Crippen molar-refractivity contribution >= 4 is 22.7 Å². The lowest BCUT2D eigenvalue weighted by atomic mass is 9.89. The van der Waals surface area contributed by atoms with Crippen LogP contribution in [0.25, 0.3) is 10.8 Å². The number of nitrogens with one attached hydrogen (secondary N) is 2. The highest BCUT2D eigenvalue weighted by molar-refractivity contribution is 6.07. The summed E-state index contributed by atoms with van der Waals surface area (Å²) in [6, 6.07) is 9.90. The van der Waals surface area contributed by atoms with E-state index in [1.54, 1.807) is 24.4 Å². The first-order valence-corrected chi connectivity index (χ1v) is 10.2. The van der Waals surface area contributed by atoms with Crippen LogP contribution in [0.2, 0.25) is 0 Å². The smallest absolute Gasteiger partial charge is 0.322 e. The average molecular weight is 435 g/mol. The predicted molar refractivity (Wildman–Crippen MR) is 117 cm³/mol. The molecule has 4 rings (SSSR count). The first-order chi connectivity index (χ1) is 15.4. The SMILES string of the molecule is CCCC#CCOc1ccc2cn(C[C@@]3(c4ccc(F)cc4)NC(=O)NC3=O)c(O)c2c1. The molecule has 164 valence electrons. The number of urea groups is 1. The van der Waals surface area contributed by atoms with Crippen LogP contribution in [0.4, 0.5) is 9.18 Å². The predicted octanol–water partition coefficient (Wildman–Crippen LogP) is 3.40. The molecular weight excluding hydrogens is 413 g/mol. The summed E-state index contributed by atoms with van der Waals surface area (Å²) < 4.78 is 20.6. The number of fused-ring (bicyclic) bond motifs is 1. The van der Waals surface area contributed by atoms with E-state index in [9.17, 15) is 19.1 Å². The van der Waals surface area contributed by atoms with Crippen LogP contribution in [0.15, 0.2) is 48.7 Å². The largest absolute Gasteiger partial charge is 0.494 e. The van der Waals surface area contributed by atoms with Gasteiger partial charge in [-0.3, -0.25) is 10.1 Å². The lowest BCUT2D eigenvalue weighted by Crippen LogP contribution is -2.47. The Morgan fingerprint density at radius 1 is 1.16 bits per heavy atom. The number of halogens is 1. The van der Waals surface area contributed by atoms with E-state index in [4.69, 9.17) is 4.74 Å². The van der Waals surface area contributed by atoms with Crippen molar-refractivity contribution in [2.75, 3.05) is 6.61 Å². The Balaban J connectivity index is 1.65. The second-order valence-electron chi connectivity index (χ2n) is 7.54. The van der Waals surface area contributed by atoms with E-state index in [2.05, 4.69) is 29.4 Å². The number of carbonyl (C=O) groups excluding carboxylic acids is 2. The molecule has 0 bridgehead atoms. The van der Waals surface area contributed by atoms with Gasteiger partial charge in [-0.2, -0.15) is 0 Å². The Bertz CT molecular complexity index is 1240. The van der Waals surface area contributed by atoms with E-state index in [0.29, 0.717) is 16.7 Å². The molecule has 0 aliphatic carbocycles. The Morgan fingerprint density at radius 3 is 2.62 bits per heavy atom. The van der Waals surface area contributed by atoms with Gasteiger partial charge in [-0.25, -0.2) is 9.18 Å². The van der Waals surface area contributed by atoms with Crippen LogP contribution in [0.5, 0.6) is 11.6 Å². The minimum atomic E-state index is -1.49. The number of aromatic nitrogens is 1. The van der Waals surface area contributed by atoms with Crippen molar-refractivity contribution in [1.82, 2.24) is 15.2 Å². The van der Waals surface area contributed by atoms with Crippen LogP contribution in [-0.2, 0) is 16.9 Å². The summed E-state index contributed by atoms with van der Waals surface area (Å²) >= 11 is 0. The van der Waals surface area contributed by atoms with Crippen LogP contribution < -0.4 is 15.4 Å². The van der Waals surface area contributed by atoms with E-state index in [1.807, 2.05) is 0 Å². The molecule has 0 radical (unpaired) electrons. The molecule has 3 N–H and O–H groups in total. The van der Waals surface area contributed by atoms with Gasteiger partial charge in [0.25, 0.3) is 5.91 Å². The molecule has 0 unspecified atom stereocenters. The van der Waals surface area contributed by atoms with Gasteiger partial charge in [0.2, 0.25) is 0 Å². The van der Waals surface area contributed by atoms with Crippen LogP contribution in [0.3, 0.4) is 0 Å². The maximum absolute atomic E-state index is 13.4. The Morgan fingerprint density at radius 2 is 1.94 bits per heavy atom. The molecule has 2 aromatic carbocycles. The molecule has 7 nitrogen and oxygen atoms in total. The number of benzene rings is 2. The molecule has 3 amide bonds. The Labute approximate surface area is 184 Å². The highest BCUT2D eigenvalue weighted by Crippen LogP contribution is 2.34. The molecule has 1 aromatic heterocycles. The molecule has 1 saturated heterocycles. The van der Waals surface area contributed by atoms with Gasteiger partial charge < -0.3 is 19.7 Å². The van der Waals surface area contributed by atoms with Crippen LogP contribution >= 0.6 is 0 Å². The van der Waals surface area contributed by atoms with E-state index in [1.165, 1.54) is 28.8 Å². The topological polar surface area (TPSA) is 92.6 Å². The summed E-state index contributed by atoms with van der Waals surface area (Å²) in [6.07, 6.45) is 3.47. The molecule has 1 aliphatic heterocycles. The van der Waals surface area contributed by atoms with Gasteiger partial charge in [0.05, 0.1) is 6.54 Å². The summed E-state index contributed by atoms with van der Waals surface area (Å²) in [6.45, 7) is 2.21. The van der Waals surface area contributed by atoms with E-state index < -0.39 is 23.3 Å². The number of hydrogen-bond acceptors (Lipinski definition) is 4. The number of unbranched alkanes of at least 4 members (excludes halogenated alkanes) is 1. The number of ether oxygens (including phenoxy) is 1. The zero-order chi connectivity index (χ0) is 22.7. The highest BCUT2D eigenvalue weighted by atomic mass is 19.1. The third-order valence-electron chi connectivity index (χ3n) is 5.33. The van der Waals surface area contributed by atoms with Gasteiger partial charge in [-0.05, 0) is 42.3 Å². The van der Waals surface area contributed by atoms with E-state index in [-0.39, 0.29) is 19.0 Å². The first kappa shape index (κ1) is 21.2. The number of carbonyl (C=O) groups is 2. The van der Waals surface area contributed by atoms with Gasteiger partial charge in [0.1, 0.15) is 18.2 Å². The van der Waals surface area contributed by atoms with Gasteiger partial charge in [0.15, 0.2) is 11.4 Å². The number of hydrogen-bond donors (Lipinski definition) is 3. The lowest BCUT2D eigenvalue weighted by Gasteiger charge is -2.27. The van der Waals surface area contributed by atoms with Gasteiger partial charge in [-0.1, -0.05) is 30.9 Å². The zero-order valence-corrected chi connectivity index (χ0v) is 17.4. The minimum absolute atomic E-state index is 0.0852. The van der Waals surface area contributed by atoms with Crippen molar-refractivity contribution in [3.8, 4) is 23.5 Å². The van der Waals surface area contributed by atoms with E-state index in [0.717, 1.165) is 18.2 Å². The number of amides is 3. The van der Waals surface area contributed by atoms with Crippen LogP contribution in [0, 0.1) is 17.7 Å². The standard InChI is InChI=1S/C24H22FN3O4/c1-2-3-4-5-12-32-19-11-6-16-14-28(21(29)20(16)13-19)15-24(22(30)26-23(31)27-24)17-7-9-18(25)10-8-17/h6-11,13-14,29H,2-3,12,15H2,1H3,(H2,26,27,30,31)/t24-/m0/s1. The third kappa shape index (κ3) is 3.97. The lowest BCUT2D eigenvalue weighted by molar-refractivity contribution is -0.124. The molecule has 0 saturated carbocycles. The number of imide groups is 1. The molecule has 2 heterocycles. The molecule has 1 aliphatic rings. The normalized spacial score (nSPS) is 17.6. The fourth-order valence-electron chi connectivity index (χ4n) is 3.71. The van der Waals surface area contributed by atoms with Crippen molar-refractivity contribution < 1.29 is 23.8 Å². The van der Waals surface area contributed by atoms with Crippen molar-refractivity contribution in [3.05, 3.63) is 60.0 Å². The first-order valence-electron chi connectivity index (χ1n) is 10.2. The fourth-order valence-corrected chi connectivity index (χ4v) is 3.71. The zero-order valence-electron chi connectivity index (χ0n) is 17.4. The number of nitrogens with zero attached hydrogens (tertiary/aromatic N) is 1. The van der Waals surface area contributed by atoms with Gasteiger partial charge >= 0.3 is 6.03 Å². The Kier molecular flexibility index (Phi) is 5.73. The molecule has 8 heteroatoms. The second kappa shape index (κ2) is 8.63. The van der Waals surface area contributed by atoms with E-state index >= 15 is 0 Å². The summed E-state index contributed by atoms with van der Waals surface area (Å²) in [5, 5.41) is 17.0. The molecule has 0 spiro atoms.